The van der Waals surface area contributed by atoms with Crippen LogP contribution in [0.25, 0.3) is 4.96 Å². The second kappa shape index (κ2) is 6.09. The Labute approximate surface area is 140 Å². The van der Waals surface area contributed by atoms with E-state index in [4.69, 9.17) is 4.74 Å². The van der Waals surface area contributed by atoms with E-state index in [2.05, 4.69) is 20.6 Å². The third-order valence-electron chi connectivity index (χ3n) is 3.19. The molecule has 4 aromatic rings. The van der Waals surface area contributed by atoms with E-state index in [-0.39, 0.29) is 5.91 Å². The van der Waals surface area contributed by atoms with E-state index < -0.39 is 0 Å². The van der Waals surface area contributed by atoms with Gasteiger partial charge in [0.05, 0.1) is 5.69 Å². The van der Waals surface area contributed by atoms with Gasteiger partial charge in [-0.3, -0.25) is 4.79 Å². The number of nitrogens with zero attached hydrogens (tertiary/aromatic N) is 4. The number of amides is 1. The number of rotatable bonds is 4. The summed E-state index contributed by atoms with van der Waals surface area (Å²) < 4.78 is 7.30. The summed E-state index contributed by atoms with van der Waals surface area (Å²) in [4.78, 5) is 13.0. The molecule has 7 nitrogen and oxygen atoms in total. The molecule has 2 aromatic carbocycles. The number of carbonyl (C=O) groups excluding carboxylic acids is 1. The lowest BCUT2D eigenvalue weighted by Gasteiger charge is -2.11. The second-order valence-electron chi connectivity index (χ2n) is 4.83. The van der Waals surface area contributed by atoms with Crippen LogP contribution in [0.2, 0.25) is 0 Å². The van der Waals surface area contributed by atoms with Gasteiger partial charge in [-0.05, 0) is 24.3 Å². The van der Waals surface area contributed by atoms with Crippen molar-refractivity contribution in [1.82, 2.24) is 19.8 Å². The highest BCUT2D eigenvalue weighted by molar-refractivity contribution is 7.18. The van der Waals surface area contributed by atoms with Crippen molar-refractivity contribution in [2.24, 2.45) is 0 Å². The average Bonchev–Trinajstić information content (AvgIpc) is 3.19. The van der Waals surface area contributed by atoms with E-state index >= 15 is 0 Å². The van der Waals surface area contributed by atoms with Gasteiger partial charge in [-0.25, -0.2) is 0 Å². The van der Waals surface area contributed by atoms with E-state index in [9.17, 15) is 4.79 Å². The number of ether oxygens (including phenoxy) is 1. The third kappa shape index (κ3) is 2.82. The van der Waals surface area contributed by atoms with E-state index in [0.29, 0.717) is 27.2 Å². The van der Waals surface area contributed by atoms with E-state index in [1.807, 2.05) is 42.5 Å². The Morgan fingerprint density at radius 1 is 1.08 bits per heavy atom. The summed E-state index contributed by atoms with van der Waals surface area (Å²) in [6, 6.07) is 16.6. The fourth-order valence-electron chi connectivity index (χ4n) is 2.10. The fourth-order valence-corrected chi connectivity index (χ4v) is 2.82. The Bertz CT molecular complexity index is 967. The first-order valence-corrected chi connectivity index (χ1v) is 7.91. The molecule has 2 heterocycles. The molecule has 0 aliphatic rings. The fraction of sp³-hybridized carbons (Fsp3) is 0. The number of para-hydroxylation sites is 3. The summed E-state index contributed by atoms with van der Waals surface area (Å²) in [7, 11) is 0. The number of carbonyl (C=O) groups is 1. The van der Waals surface area contributed by atoms with Crippen LogP contribution in [0.5, 0.6) is 11.5 Å². The molecule has 0 saturated carbocycles. The van der Waals surface area contributed by atoms with Gasteiger partial charge in [-0.2, -0.15) is 4.52 Å². The lowest BCUT2D eigenvalue weighted by molar-refractivity contribution is 0.102. The van der Waals surface area contributed by atoms with Gasteiger partial charge in [-0.15, -0.1) is 15.3 Å². The monoisotopic (exact) mass is 337 g/mol. The molecular weight excluding hydrogens is 326 g/mol. The molecule has 0 unspecified atom stereocenters. The lowest BCUT2D eigenvalue weighted by atomic mass is 10.3. The van der Waals surface area contributed by atoms with Gasteiger partial charge in [0, 0.05) is 0 Å². The molecule has 0 spiro atoms. The lowest BCUT2D eigenvalue weighted by Crippen LogP contribution is -2.12. The van der Waals surface area contributed by atoms with Gasteiger partial charge >= 0.3 is 0 Å². The zero-order chi connectivity index (χ0) is 16.4. The Hall–Kier alpha value is -3.26. The van der Waals surface area contributed by atoms with E-state index in [1.165, 1.54) is 22.2 Å². The van der Waals surface area contributed by atoms with Gasteiger partial charge in [0.2, 0.25) is 9.97 Å². The van der Waals surface area contributed by atoms with Gasteiger partial charge < -0.3 is 10.1 Å². The summed E-state index contributed by atoms with van der Waals surface area (Å²) in [5.74, 6) is 0.924. The normalized spacial score (nSPS) is 10.7. The molecule has 0 radical (unpaired) electrons. The van der Waals surface area contributed by atoms with Crippen LogP contribution in [0.4, 0.5) is 5.69 Å². The molecule has 4 rings (SSSR count). The Kier molecular flexibility index (Phi) is 3.64. The van der Waals surface area contributed by atoms with E-state index in [1.54, 1.807) is 12.1 Å². The van der Waals surface area contributed by atoms with Crippen molar-refractivity contribution >= 4 is 27.9 Å². The van der Waals surface area contributed by atoms with Gasteiger partial charge in [0.15, 0.2) is 5.75 Å². The van der Waals surface area contributed by atoms with Crippen molar-refractivity contribution < 1.29 is 9.53 Å². The number of fused-ring (bicyclic) bond motifs is 1. The van der Waals surface area contributed by atoms with Crippen LogP contribution in [0, 0.1) is 0 Å². The van der Waals surface area contributed by atoms with Crippen molar-refractivity contribution in [2.45, 2.75) is 0 Å². The van der Waals surface area contributed by atoms with Crippen LogP contribution >= 0.6 is 11.3 Å². The van der Waals surface area contributed by atoms with Crippen LogP contribution in [0.1, 0.15) is 9.80 Å². The zero-order valence-corrected chi connectivity index (χ0v) is 13.1. The van der Waals surface area contributed by atoms with Gasteiger partial charge in [0.25, 0.3) is 5.91 Å². The largest absolute Gasteiger partial charge is 0.455 e. The minimum absolute atomic E-state index is 0.300. The zero-order valence-electron chi connectivity index (χ0n) is 12.3. The topological polar surface area (TPSA) is 81.4 Å². The number of aromatic nitrogens is 4. The molecule has 1 N–H and O–H groups in total. The summed E-state index contributed by atoms with van der Waals surface area (Å²) in [5.41, 5.74) is 0.567. The predicted octanol–water partition coefficient (Wildman–Crippen LogP) is 3.23. The number of hydrogen-bond acceptors (Lipinski definition) is 6. The number of nitrogens with one attached hydrogen (secondary N) is 1. The summed E-state index contributed by atoms with van der Waals surface area (Å²) >= 11 is 1.17. The molecule has 24 heavy (non-hydrogen) atoms. The first-order valence-electron chi connectivity index (χ1n) is 7.10. The quantitative estimate of drug-likeness (QED) is 0.618. The number of anilines is 1. The number of hydrogen-bond donors (Lipinski definition) is 1. The summed E-state index contributed by atoms with van der Waals surface area (Å²) in [6.07, 6.45) is 1.45. The standard InChI is InChI=1S/C16H11N5O2S/c22-14(15-20-21-10-17-19-16(21)24-15)18-12-8-4-5-9-13(12)23-11-6-2-1-3-7-11/h1-10H,(H,18,22). The average molecular weight is 337 g/mol. The second-order valence-corrected chi connectivity index (χ2v) is 5.79. The minimum Gasteiger partial charge on any atom is -0.455 e. The molecule has 1 amide bonds. The Morgan fingerprint density at radius 3 is 2.71 bits per heavy atom. The predicted molar refractivity (Wildman–Crippen MR) is 89.6 cm³/mol. The molecule has 0 aliphatic heterocycles. The molecule has 0 bridgehead atoms. The van der Waals surface area contributed by atoms with Gasteiger partial charge in [-0.1, -0.05) is 41.7 Å². The molecular formula is C16H11N5O2S. The van der Waals surface area contributed by atoms with Crippen LogP contribution in [-0.2, 0) is 0 Å². The maximum atomic E-state index is 12.4. The van der Waals surface area contributed by atoms with E-state index in [0.717, 1.165) is 0 Å². The van der Waals surface area contributed by atoms with Crippen LogP contribution in [0.15, 0.2) is 60.9 Å². The minimum atomic E-state index is -0.324. The molecule has 0 aliphatic carbocycles. The van der Waals surface area contributed by atoms with Crippen molar-refractivity contribution in [3.63, 3.8) is 0 Å². The maximum Gasteiger partial charge on any atom is 0.286 e. The molecule has 8 heteroatoms. The summed E-state index contributed by atoms with van der Waals surface area (Å²) in [5, 5.41) is 14.8. The molecule has 118 valence electrons. The molecule has 0 fully saturated rings. The smallest absolute Gasteiger partial charge is 0.286 e. The third-order valence-corrected chi connectivity index (χ3v) is 4.10. The van der Waals surface area contributed by atoms with Crippen LogP contribution in [-0.4, -0.2) is 25.7 Å². The number of benzene rings is 2. The highest BCUT2D eigenvalue weighted by Gasteiger charge is 2.15. The maximum absolute atomic E-state index is 12.4. The van der Waals surface area contributed by atoms with Gasteiger partial charge in [0.1, 0.15) is 12.1 Å². The first kappa shape index (κ1) is 14.3. The SMILES string of the molecule is O=C(Nc1ccccc1Oc1ccccc1)c1nn2cnnc2s1. The van der Waals surface area contributed by atoms with Crippen molar-refractivity contribution in [3.8, 4) is 11.5 Å². The highest BCUT2D eigenvalue weighted by Crippen LogP contribution is 2.29. The van der Waals surface area contributed by atoms with Crippen molar-refractivity contribution in [1.29, 1.82) is 0 Å². The highest BCUT2D eigenvalue weighted by atomic mass is 32.1. The molecule has 0 atom stereocenters. The molecule has 0 saturated heterocycles. The first-order chi connectivity index (χ1) is 11.8. The Morgan fingerprint density at radius 2 is 1.88 bits per heavy atom. The van der Waals surface area contributed by atoms with Crippen molar-refractivity contribution in [3.05, 3.63) is 65.9 Å². The Balaban J connectivity index is 1.58. The van der Waals surface area contributed by atoms with Crippen LogP contribution < -0.4 is 10.1 Å². The molecule has 2 aromatic heterocycles. The van der Waals surface area contributed by atoms with Crippen LogP contribution in [0.3, 0.4) is 0 Å². The summed E-state index contributed by atoms with van der Waals surface area (Å²) in [6.45, 7) is 0. The van der Waals surface area contributed by atoms with Crippen molar-refractivity contribution in [2.75, 3.05) is 5.32 Å².